The highest BCUT2D eigenvalue weighted by Crippen LogP contribution is 2.17. The molecule has 22 heavy (non-hydrogen) atoms. The lowest BCUT2D eigenvalue weighted by molar-refractivity contribution is -0.384. The Morgan fingerprint density at radius 2 is 1.82 bits per heavy atom. The van der Waals surface area contributed by atoms with Crippen molar-refractivity contribution >= 4 is 28.2 Å². The molecule has 1 heterocycles. The largest absolute Gasteiger partial charge is 0.338 e. The number of nitrogens with zero attached hydrogens (tertiary/aromatic N) is 2. The van der Waals surface area contributed by atoms with Crippen LogP contribution in [0.1, 0.15) is 0 Å². The number of carbonyl (C=O) groups excluding carboxylic acids is 1. The number of carbonyl (C=O) groups is 1. The summed E-state index contributed by atoms with van der Waals surface area (Å²) < 4.78 is 1.86. The maximum Gasteiger partial charge on any atom is 0.269 e. The number of amides is 1. The first-order valence-corrected chi connectivity index (χ1v) is 6.72. The Labute approximate surface area is 126 Å². The van der Waals surface area contributed by atoms with Crippen LogP contribution in [0.5, 0.6) is 0 Å². The minimum atomic E-state index is -0.475. The van der Waals surface area contributed by atoms with E-state index < -0.39 is 4.92 Å². The Bertz CT molecular complexity index is 837. The lowest BCUT2D eigenvalue weighted by Crippen LogP contribution is -2.18. The fraction of sp³-hybridized carbons (Fsp3) is 0.0625. The van der Waals surface area contributed by atoms with Gasteiger partial charge < -0.3 is 9.88 Å². The van der Waals surface area contributed by atoms with Crippen molar-refractivity contribution in [2.24, 2.45) is 0 Å². The van der Waals surface area contributed by atoms with E-state index in [9.17, 15) is 14.9 Å². The van der Waals surface area contributed by atoms with Crippen molar-refractivity contribution in [3.63, 3.8) is 0 Å². The Balaban J connectivity index is 1.71. The topological polar surface area (TPSA) is 77.2 Å². The van der Waals surface area contributed by atoms with E-state index in [-0.39, 0.29) is 18.1 Å². The van der Waals surface area contributed by atoms with E-state index in [1.807, 2.05) is 41.1 Å². The first kappa shape index (κ1) is 13.8. The third-order valence-electron chi connectivity index (χ3n) is 3.36. The summed E-state index contributed by atoms with van der Waals surface area (Å²) in [6, 6.07) is 15.5. The molecule has 0 aliphatic carbocycles. The number of hydrogen-bond donors (Lipinski definition) is 1. The van der Waals surface area contributed by atoms with Gasteiger partial charge in [-0.2, -0.15) is 0 Å². The van der Waals surface area contributed by atoms with Crippen LogP contribution >= 0.6 is 0 Å². The summed E-state index contributed by atoms with van der Waals surface area (Å²) in [6.07, 6.45) is 1.86. The van der Waals surface area contributed by atoms with Crippen LogP contribution in [0.15, 0.2) is 60.8 Å². The molecule has 0 saturated heterocycles. The van der Waals surface area contributed by atoms with Crippen molar-refractivity contribution in [3.05, 3.63) is 70.9 Å². The van der Waals surface area contributed by atoms with Gasteiger partial charge in [-0.25, -0.2) is 0 Å². The molecule has 3 rings (SSSR count). The second-order valence-corrected chi connectivity index (χ2v) is 4.85. The summed E-state index contributed by atoms with van der Waals surface area (Å²) in [4.78, 5) is 22.2. The van der Waals surface area contributed by atoms with Crippen LogP contribution < -0.4 is 5.32 Å². The predicted molar refractivity (Wildman–Crippen MR) is 83.7 cm³/mol. The van der Waals surface area contributed by atoms with E-state index in [0.29, 0.717) is 5.69 Å². The summed E-state index contributed by atoms with van der Waals surface area (Å²) >= 11 is 0. The van der Waals surface area contributed by atoms with Gasteiger partial charge in [-0.3, -0.25) is 14.9 Å². The zero-order valence-corrected chi connectivity index (χ0v) is 11.6. The number of aromatic nitrogens is 1. The molecule has 0 radical (unpaired) electrons. The molecule has 0 aliphatic heterocycles. The van der Waals surface area contributed by atoms with Gasteiger partial charge in [0.05, 0.1) is 4.92 Å². The summed E-state index contributed by atoms with van der Waals surface area (Å²) in [6.45, 7) is 0.185. The first-order chi connectivity index (χ1) is 10.6. The van der Waals surface area contributed by atoms with Crippen molar-refractivity contribution in [3.8, 4) is 0 Å². The second-order valence-electron chi connectivity index (χ2n) is 4.85. The summed E-state index contributed by atoms with van der Waals surface area (Å²) in [5.74, 6) is -0.185. The Morgan fingerprint density at radius 1 is 1.09 bits per heavy atom. The Kier molecular flexibility index (Phi) is 3.57. The van der Waals surface area contributed by atoms with Gasteiger partial charge in [0.1, 0.15) is 6.54 Å². The number of rotatable bonds is 4. The van der Waals surface area contributed by atoms with E-state index in [1.54, 1.807) is 0 Å². The fourth-order valence-electron chi connectivity index (χ4n) is 2.30. The number of fused-ring (bicyclic) bond motifs is 1. The second kappa shape index (κ2) is 5.69. The zero-order chi connectivity index (χ0) is 15.5. The molecule has 3 aromatic rings. The number of nitrogens with one attached hydrogen (secondary N) is 1. The minimum Gasteiger partial charge on any atom is -0.338 e. The van der Waals surface area contributed by atoms with E-state index >= 15 is 0 Å². The average molecular weight is 295 g/mol. The van der Waals surface area contributed by atoms with Crippen LogP contribution in [0.4, 0.5) is 11.4 Å². The molecular formula is C16H13N3O3. The van der Waals surface area contributed by atoms with Crippen LogP contribution in [0, 0.1) is 10.1 Å². The number of nitro groups is 1. The average Bonchev–Trinajstić information content (AvgIpc) is 2.91. The van der Waals surface area contributed by atoms with Crippen molar-refractivity contribution in [1.29, 1.82) is 0 Å². The molecule has 0 unspecified atom stereocenters. The Hall–Kier alpha value is -3.15. The zero-order valence-electron chi connectivity index (χ0n) is 11.6. The van der Waals surface area contributed by atoms with E-state index in [1.165, 1.54) is 24.3 Å². The van der Waals surface area contributed by atoms with Gasteiger partial charge in [0.25, 0.3) is 5.69 Å². The fourth-order valence-corrected chi connectivity index (χ4v) is 2.30. The normalized spacial score (nSPS) is 10.5. The molecule has 0 atom stereocenters. The first-order valence-electron chi connectivity index (χ1n) is 6.72. The maximum atomic E-state index is 12.1. The van der Waals surface area contributed by atoms with Crippen molar-refractivity contribution in [2.45, 2.75) is 6.54 Å². The molecule has 0 saturated carbocycles. The molecule has 1 amide bonds. The van der Waals surface area contributed by atoms with Gasteiger partial charge in [0, 0.05) is 29.5 Å². The van der Waals surface area contributed by atoms with Gasteiger partial charge in [0.2, 0.25) is 5.91 Å². The molecule has 2 aromatic carbocycles. The molecule has 1 N–H and O–H groups in total. The summed E-state index contributed by atoms with van der Waals surface area (Å²) in [5.41, 5.74) is 1.52. The van der Waals surface area contributed by atoms with Crippen LogP contribution in [-0.2, 0) is 11.3 Å². The molecule has 0 fully saturated rings. The number of hydrogen-bond acceptors (Lipinski definition) is 3. The lowest BCUT2D eigenvalue weighted by Gasteiger charge is -2.07. The van der Waals surface area contributed by atoms with Gasteiger partial charge >= 0.3 is 0 Å². The maximum absolute atomic E-state index is 12.1. The molecule has 0 aliphatic rings. The molecule has 0 bridgehead atoms. The minimum absolute atomic E-state index is 0.00518. The smallest absolute Gasteiger partial charge is 0.269 e. The van der Waals surface area contributed by atoms with Crippen molar-refractivity contribution < 1.29 is 9.72 Å². The van der Waals surface area contributed by atoms with E-state index in [2.05, 4.69) is 5.32 Å². The third-order valence-corrected chi connectivity index (χ3v) is 3.36. The SMILES string of the molecule is O=C(Cn1ccc2ccccc21)Nc1ccc([N+](=O)[O-])cc1. The molecule has 1 aromatic heterocycles. The van der Waals surface area contributed by atoms with Gasteiger partial charge in [0.15, 0.2) is 0 Å². The predicted octanol–water partition coefficient (Wildman–Crippen LogP) is 3.19. The third kappa shape index (κ3) is 2.80. The molecule has 110 valence electrons. The van der Waals surface area contributed by atoms with Gasteiger partial charge in [-0.1, -0.05) is 18.2 Å². The number of anilines is 1. The number of para-hydroxylation sites is 1. The van der Waals surface area contributed by atoms with Crippen LogP contribution in [0.2, 0.25) is 0 Å². The van der Waals surface area contributed by atoms with Crippen molar-refractivity contribution in [1.82, 2.24) is 4.57 Å². The van der Waals surface area contributed by atoms with Crippen molar-refractivity contribution in [2.75, 3.05) is 5.32 Å². The standard InChI is InChI=1S/C16H13N3O3/c20-16(17-13-5-7-14(8-6-13)19(21)22)11-18-10-9-12-3-1-2-4-15(12)18/h1-10H,11H2,(H,17,20). The van der Waals surface area contributed by atoms with E-state index in [0.717, 1.165) is 10.9 Å². The Morgan fingerprint density at radius 3 is 2.55 bits per heavy atom. The summed E-state index contributed by atoms with van der Waals surface area (Å²) in [5, 5.41) is 14.4. The molecular weight excluding hydrogens is 282 g/mol. The van der Waals surface area contributed by atoms with Crippen LogP contribution in [-0.4, -0.2) is 15.4 Å². The molecule has 0 spiro atoms. The highest BCUT2D eigenvalue weighted by molar-refractivity contribution is 5.92. The molecule has 6 nitrogen and oxygen atoms in total. The number of nitro benzene ring substituents is 1. The van der Waals surface area contributed by atoms with Crippen LogP contribution in [0.3, 0.4) is 0 Å². The highest BCUT2D eigenvalue weighted by atomic mass is 16.6. The van der Waals surface area contributed by atoms with E-state index in [4.69, 9.17) is 0 Å². The van der Waals surface area contributed by atoms with Gasteiger partial charge in [-0.15, -0.1) is 0 Å². The number of non-ortho nitro benzene ring substituents is 1. The molecule has 6 heteroatoms. The summed E-state index contributed by atoms with van der Waals surface area (Å²) in [7, 11) is 0. The lowest BCUT2D eigenvalue weighted by atomic mass is 10.2. The van der Waals surface area contributed by atoms with Crippen LogP contribution in [0.25, 0.3) is 10.9 Å². The quantitative estimate of drug-likeness (QED) is 0.593. The number of benzene rings is 2. The highest BCUT2D eigenvalue weighted by Gasteiger charge is 2.08. The van der Waals surface area contributed by atoms with Gasteiger partial charge in [-0.05, 0) is 29.7 Å². The monoisotopic (exact) mass is 295 g/mol.